The molecule has 1 aliphatic heterocycles. The second-order valence-electron chi connectivity index (χ2n) is 7.14. The van der Waals surface area contributed by atoms with Crippen LogP contribution in [0.2, 0.25) is 0 Å². The van der Waals surface area contributed by atoms with Crippen LogP contribution in [-0.2, 0) is 9.47 Å². The molecule has 3 aliphatic rings. The van der Waals surface area contributed by atoms with Gasteiger partial charge in [-0.1, -0.05) is 13.3 Å². The van der Waals surface area contributed by atoms with E-state index in [4.69, 9.17) is 9.47 Å². The summed E-state index contributed by atoms with van der Waals surface area (Å²) in [6.45, 7) is 2.52. The molecule has 2 saturated carbocycles. The van der Waals surface area contributed by atoms with Crippen LogP contribution in [0.15, 0.2) is 0 Å². The van der Waals surface area contributed by atoms with E-state index in [0.29, 0.717) is 19.4 Å². The van der Waals surface area contributed by atoms with Gasteiger partial charge in [-0.15, -0.1) is 0 Å². The number of hydrogen-bond acceptors (Lipinski definition) is 3. The molecule has 0 radical (unpaired) electrons. The van der Waals surface area contributed by atoms with Crippen LogP contribution in [0.4, 0.5) is 8.78 Å². The van der Waals surface area contributed by atoms with Crippen LogP contribution in [0.1, 0.15) is 45.4 Å². The zero-order valence-electron chi connectivity index (χ0n) is 13.3. The monoisotopic (exact) mass is 318 g/mol. The van der Waals surface area contributed by atoms with Crippen LogP contribution >= 0.6 is 0 Å². The lowest BCUT2D eigenvalue weighted by atomic mass is 9.69. The van der Waals surface area contributed by atoms with Crippen molar-refractivity contribution in [2.45, 2.75) is 76.1 Å². The topological polar surface area (TPSA) is 38.7 Å². The van der Waals surface area contributed by atoms with Gasteiger partial charge in [-0.25, -0.2) is 8.78 Å². The SMILES string of the molecule is CCCCOC1CCC2C3CCC(CO)C(F)C3OC2C1F. The Morgan fingerprint density at radius 3 is 2.41 bits per heavy atom. The van der Waals surface area contributed by atoms with E-state index >= 15 is 0 Å². The number of aliphatic hydroxyl groups is 1. The highest BCUT2D eigenvalue weighted by atomic mass is 19.1. The first-order valence-electron chi connectivity index (χ1n) is 8.83. The molecule has 1 saturated heterocycles. The largest absolute Gasteiger partial charge is 0.396 e. The van der Waals surface area contributed by atoms with E-state index in [-0.39, 0.29) is 24.4 Å². The normalized spacial score (nSPS) is 48.0. The summed E-state index contributed by atoms with van der Waals surface area (Å²) in [5.74, 6) is -0.127. The van der Waals surface area contributed by atoms with Crippen molar-refractivity contribution in [3.05, 3.63) is 0 Å². The molecule has 0 aromatic rings. The Morgan fingerprint density at radius 2 is 1.73 bits per heavy atom. The second kappa shape index (κ2) is 7.10. The third-order valence-corrected chi connectivity index (χ3v) is 5.86. The molecule has 3 nitrogen and oxygen atoms in total. The maximum Gasteiger partial charge on any atom is 0.152 e. The highest BCUT2D eigenvalue weighted by Gasteiger charge is 2.56. The molecule has 1 N–H and O–H groups in total. The molecule has 5 heteroatoms. The number of halogens is 2. The smallest absolute Gasteiger partial charge is 0.152 e. The molecule has 0 spiro atoms. The third kappa shape index (κ3) is 2.92. The quantitative estimate of drug-likeness (QED) is 0.792. The summed E-state index contributed by atoms with van der Waals surface area (Å²) in [5, 5.41) is 9.26. The van der Waals surface area contributed by atoms with E-state index in [1.807, 2.05) is 0 Å². The summed E-state index contributed by atoms with van der Waals surface area (Å²) in [6, 6.07) is 0. The summed E-state index contributed by atoms with van der Waals surface area (Å²) >= 11 is 0. The Labute approximate surface area is 131 Å². The van der Waals surface area contributed by atoms with Gasteiger partial charge in [0.15, 0.2) is 6.17 Å². The Hall–Kier alpha value is -0.260. The van der Waals surface area contributed by atoms with Crippen LogP contribution in [-0.4, -0.2) is 49.0 Å². The zero-order valence-corrected chi connectivity index (χ0v) is 13.3. The van der Waals surface area contributed by atoms with Crippen molar-refractivity contribution in [1.82, 2.24) is 0 Å². The predicted octanol–water partition coefficient (Wildman–Crippen LogP) is 3.04. The van der Waals surface area contributed by atoms with Gasteiger partial charge in [0.2, 0.25) is 0 Å². The fourth-order valence-corrected chi connectivity index (χ4v) is 4.56. The molecule has 0 bridgehead atoms. The van der Waals surface area contributed by atoms with E-state index < -0.39 is 30.7 Å². The van der Waals surface area contributed by atoms with Crippen molar-refractivity contribution < 1.29 is 23.4 Å². The Morgan fingerprint density at radius 1 is 1.05 bits per heavy atom. The lowest BCUT2D eigenvalue weighted by molar-refractivity contribution is -0.121. The summed E-state index contributed by atoms with van der Waals surface area (Å²) in [5.41, 5.74) is 0. The lowest BCUT2D eigenvalue weighted by Gasteiger charge is -2.37. The number of fused-ring (bicyclic) bond motifs is 3. The molecule has 128 valence electrons. The molecular formula is C17H28F2O3. The maximum atomic E-state index is 14.8. The molecular weight excluding hydrogens is 290 g/mol. The minimum absolute atomic E-state index is 0.109. The molecule has 0 aromatic heterocycles. The summed E-state index contributed by atoms with van der Waals surface area (Å²) in [6.07, 6.45) is 1.28. The zero-order chi connectivity index (χ0) is 15.7. The van der Waals surface area contributed by atoms with Gasteiger partial charge in [0.25, 0.3) is 0 Å². The molecule has 8 atom stereocenters. The van der Waals surface area contributed by atoms with Crippen LogP contribution < -0.4 is 0 Å². The van der Waals surface area contributed by atoms with Gasteiger partial charge in [0.1, 0.15) is 6.17 Å². The average molecular weight is 318 g/mol. The predicted molar refractivity (Wildman–Crippen MR) is 79.1 cm³/mol. The van der Waals surface area contributed by atoms with E-state index in [1.165, 1.54) is 0 Å². The third-order valence-electron chi connectivity index (χ3n) is 5.86. The lowest BCUT2D eigenvalue weighted by Crippen LogP contribution is -2.44. The first-order valence-corrected chi connectivity index (χ1v) is 8.83. The van der Waals surface area contributed by atoms with Gasteiger partial charge in [-0.05, 0) is 43.9 Å². The van der Waals surface area contributed by atoms with Crippen molar-refractivity contribution in [1.29, 1.82) is 0 Å². The highest BCUT2D eigenvalue weighted by Crippen LogP contribution is 2.50. The maximum absolute atomic E-state index is 14.8. The van der Waals surface area contributed by atoms with Gasteiger partial charge in [-0.2, -0.15) is 0 Å². The van der Waals surface area contributed by atoms with Gasteiger partial charge in [0.05, 0.1) is 18.3 Å². The molecule has 2 aliphatic carbocycles. The summed E-state index contributed by atoms with van der Waals surface area (Å²) < 4.78 is 40.7. The Bertz CT molecular complexity index is 368. The fraction of sp³-hybridized carbons (Fsp3) is 1.00. The number of ether oxygens (including phenoxy) is 2. The van der Waals surface area contributed by atoms with Crippen molar-refractivity contribution in [3.8, 4) is 0 Å². The molecule has 1 heterocycles. The number of unbranched alkanes of at least 4 members (excludes halogenated alkanes) is 1. The van der Waals surface area contributed by atoms with E-state index in [0.717, 1.165) is 25.7 Å². The minimum Gasteiger partial charge on any atom is -0.396 e. The molecule has 0 amide bonds. The molecule has 22 heavy (non-hydrogen) atoms. The van der Waals surface area contributed by atoms with Crippen LogP contribution in [0.5, 0.6) is 0 Å². The van der Waals surface area contributed by atoms with E-state index in [2.05, 4.69) is 6.92 Å². The molecule has 8 unspecified atom stereocenters. The molecule has 3 fully saturated rings. The first-order chi connectivity index (χ1) is 10.7. The van der Waals surface area contributed by atoms with Crippen molar-refractivity contribution >= 4 is 0 Å². The molecule has 0 aromatic carbocycles. The average Bonchev–Trinajstić information content (AvgIpc) is 2.91. The van der Waals surface area contributed by atoms with Gasteiger partial charge >= 0.3 is 0 Å². The van der Waals surface area contributed by atoms with Gasteiger partial charge < -0.3 is 14.6 Å². The van der Waals surface area contributed by atoms with Crippen molar-refractivity contribution in [3.63, 3.8) is 0 Å². The van der Waals surface area contributed by atoms with Crippen LogP contribution in [0.25, 0.3) is 0 Å². The second-order valence-corrected chi connectivity index (χ2v) is 7.14. The van der Waals surface area contributed by atoms with Crippen LogP contribution in [0.3, 0.4) is 0 Å². The minimum atomic E-state index is -1.17. The first kappa shape index (κ1) is 16.6. The summed E-state index contributed by atoms with van der Waals surface area (Å²) in [7, 11) is 0. The number of aliphatic hydroxyl groups excluding tert-OH is 1. The van der Waals surface area contributed by atoms with Crippen molar-refractivity contribution in [2.75, 3.05) is 13.2 Å². The Balaban J connectivity index is 1.63. The molecule has 3 rings (SSSR count). The van der Waals surface area contributed by atoms with E-state index in [9.17, 15) is 13.9 Å². The standard InChI is InChI=1S/C17H28F2O3/c1-2-3-8-21-13-7-6-12-11-5-4-10(9-20)14(18)16(11)22-17(12)15(13)19/h10-17,20H,2-9H2,1H3. The number of rotatable bonds is 5. The van der Waals surface area contributed by atoms with Crippen LogP contribution in [0, 0.1) is 17.8 Å². The highest BCUT2D eigenvalue weighted by molar-refractivity contribution is 5.04. The number of hydrogen-bond donors (Lipinski definition) is 1. The van der Waals surface area contributed by atoms with Gasteiger partial charge in [0, 0.05) is 19.1 Å². The van der Waals surface area contributed by atoms with Crippen molar-refractivity contribution in [2.24, 2.45) is 17.8 Å². The Kier molecular flexibility index (Phi) is 5.35. The van der Waals surface area contributed by atoms with Gasteiger partial charge in [-0.3, -0.25) is 0 Å². The van der Waals surface area contributed by atoms with E-state index in [1.54, 1.807) is 0 Å². The fourth-order valence-electron chi connectivity index (χ4n) is 4.56. The summed E-state index contributed by atoms with van der Waals surface area (Å²) in [4.78, 5) is 0. The number of alkyl halides is 2.